The third kappa shape index (κ3) is 5.92. The molecule has 0 saturated carbocycles. The molecule has 0 aromatic rings. The fourth-order valence-electron chi connectivity index (χ4n) is 4.21. The summed E-state index contributed by atoms with van der Waals surface area (Å²) in [7, 11) is 0. The van der Waals surface area contributed by atoms with Crippen LogP contribution < -0.4 is 0 Å². The minimum Gasteiger partial charge on any atom is -0.461 e. The molecule has 7 atom stereocenters. The highest BCUT2D eigenvalue weighted by molar-refractivity contribution is 6.06. The molecule has 0 N–H and O–H groups in total. The summed E-state index contributed by atoms with van der Waals surface area (Å²) in [6.45, 7) is 19.8. The number of carbonyl (C=O) groups is 4. The predicted molar refractivity (Wildman–Crippen MR) is 119 cm³/mol. The number of allylic oxidation sites excluding steroid dienone is 2. The Hall–Kier alpha value is -2.24. The highest BCUT2D eigenvalue weighted by Gasteiger charge is 2.49. The second-order valence-corrected chi connectivity index (χ2v) is 9.47. The summed E-state index contributed by atoms with van der Waals surface area (Å²) < 4.78 is 10.7. The van der Waals surface area contributed by atoms with Gasteiger partial charge in [-0.1, -0.05) is 39.8 Å². The fourth-order valence-corrected chi connectivity index (χ4v) is 4.21. The zero-order valence-electron chi connectivity index (χ0n) is 20.0. The Kier molecular flexibility index (Phi) is 9.40. The zero-order valence-corrected chi connectivity index (χ0v) is 20.0. The predicted octanol–water partition coefficient (Wildman–Crippen LogP) is 4.32. The van der Waals surface area contributed by atoms with Crippen molar-refractivity contribution in [1.82, 2.24) is 0 Å². The number of ether oxygens (including phenoxy) is 2. The molecule has 2 heterocycles. The first-order valence-electron chi connectivity index (χ1n) is 11.0. The van der Waals surface area contributed by atoms with Gasteiger partial charge >= 0.3 is 11.9 Å². The molecule has 0 spiro atoms. The number of hydrogen-bond acceptors (Lipinski definition) is 6. The third-order valence-corrected chi connectivity index (χ3v) is 6.45. The first kappa shape index (κ1) is 26.8. The molecule has 2 rings (SSSR count). The highest BCUT2D eigenvalue weighted by atomic mass is 16.6. The molecular formula is C25H38O6. The van der Waals surface area contributed by atoms with Gasteiger partial charge in [0.05, 0.1) is 11.8 Å². The van der Waals surface area contributed by atoms with Gasteiger partial charge in [0.25, 0.3) is 0 Å². The maximum absolute atomic E-state index is 12.0. The summed E-state index contributed by atoms with van der Waals surface area (Å²) in [5.41, 5.74) is -0.996. The Morgan fingerprint density at radius 3 is 1.77 bits per heavy atom. The molecule has 6 nitrogen and oxygen atoms in total. The molecule has 0 amide bonds. The van der Waals surface area contributed by atoms with Crippen LogP contribution in [0.2, 0.25) is 0 Å². The van der Waals surface area contributed by atoms with E-state index >= 15 is 0 Å². The van der Waals surface area contributed by atoms with Gasteiger partial charge in [-0.25, -0.2) is 0 Å². The van der Waals surface area contributed by atoms with Crippen LogP contribution in [0.4, 0.5) is 0 Å². The SMILES string of the molecule is C=CC[C@H](C)[C@@H]1OC(=O)C(C)(C)C(=O)[C@@H]1C.C=CC[C@H](C)[C@@H]1OC(=O)C(C)C(=O)[C@@H]1C. The van der Waals surface area contributed by atoms with E-state index in [0.29, 0.717) is 0 Å². The summed E-state index contributed by atoms with van der Waals surface area (Å²) in [6.07, 6.45) is 4.47. The summed E-state index contributed by atoms with van der Waals surface area (Å²) in [5.74, 6) is -1.58. The van der Waals surface area contributed by atoms with Gasteiger partial charge in [0.15, 0.2) is 11.6 Å². The number of ketones is 2. The molecule has 0 aliphatic carbocycles. The molecule has 6 heteroatoms. The first-order chi connectivity index (χ1) is 14.3. The van der Waals surface area contributed by atoms with E-state index in [0.717, 1.165) is 12.8 Å². The van der Waals surface area contributed by atoms with Crippen molar-refractivity contribution in [3.8, 4) is 0 Å². The van der Waals surface area contributed by atoms with Gasteiger partial charge in [0.2, 0.25) is 0 Å². The lowest BCUT2D eigenvalue weighted by Crippen LogP contribution is -2.51. The Morgan fingerprint density at radius 1 is 0.871 bits per heavy atom. The Bertz CT molecular complexity index is 722. The van der Waals surface area contributed by atoms with E-state index in [-0.39, 0.29) is 53.4 Å². The van der Waals surface area contributed by atoms with Crippen molar-refractivity contribution in [2.45, 2.75) is 73.5 Å². The molecule has 0 bridgehead atoms. The van der Waals surface area contributed by atoms with E-state index in [1.165, 1.54) is 0 Å². The van der Waals surface area contributed by atoms with E-state index < -0.39 is 17.3 Å². The smallest absolute Gasteiger partial charge is 0.319 e. The molecule has 2 aliphatic heterocycles. The van der Waals surface area contributed by atoms with E-state index in [9.17, 15) is 19.2 Å². The van der Waals surface area contributed by atoms with Crippen LogP contribution in [0.1, 0.15) is 61.3 Å². The Morgan fingerprint density at radius 2 is 1.32 bits per heavy atom. The summed E-state index contributed by atoms with van der Waals surface area (Å²) in [6, 6.07) is 0. The zero-order chi connectivity index (χ0) is 24.1. The van der Waals surface area contributed by atoms with E-state index in [4.69, 9.17) is 9.47 Å². The van der Waals surface area contributed by atoms with Gasteiger partial charge in [-0.05, 0) is 45.4 Å². The maximum Gasteiger partial charge on any atom is 0.319 e. The molecule has 2 fully saturated rings. The highest BCUT2D eigenvalue weighted by Crippen LogP contribution is 2.35. The standard InChI is InChI=1S/C13H20O3.C12H18O3/c1-6-7-8(2)10-9(3)11(14)13(4,5)12(15)16-10;1-5-6-7(2)11-8(3)10(13)9(4)12(14)15-11/h6,8-10H,1,7H2,2-5H3;5,7-9,11H,1,6H2,2-4H3/t8-,9+,10-;7-,8-,9?,11-/m00/s1. The molecule has 2 aliphatic rings. The minimum absolute atomic E-state index is 0.00726. The largest absolute Gasteiger partial charge is 0.461 e. The van der Waals surface area contributed by atoms with Crippen LogP contribution in [0, 0.1) is 35.0 Å². The fraction of sp³-hybridized carbons (Fsp3) is 0.680. The van der Waals surface area contributed by atoms with Crippen molar-refractivity contribution in [1.29, 1.82) is 0 Å². The second kappa shape index (κ2) is 10.9. The van der Waals surface area contributed by atoms with Gasteiger partial charge in [-0.3, -0.25) is 19.2 Å². The lowest BCUT2D eigenvalue weighted by atomic mass is 9.74. The van der Waals surface area contributed by atoms with Crippen molar-refractivity contribution < 1.29 is 28.7 Å². The van der Waals surface area contributed by atoms with E-state index in [1.807, 2.05) is 27.7 Å². The summed E-state index contributed by atoms with van der Waals surface area (Å²) in [5, 5.41) is 0. The number of hydrogen-bond donors (Lipinski definition) is 0. The van der Waals surface area contributed by atoms with Gasteiger partial charge in [-0.15, -0.1) is 13.2 Å². The van der Waals surface area contributed by atoms with Gasteiger partial charge in [-0.2, -0.15) is 0 Å². The number of carbonyl (C=O) groups excluding carboxylic acids is 4. The monoisotopic (exact) mass is 434 g/mol. The van der Waals surface area contributed by atoms with E-state index in [2.05, 4.69) is 13.2 Å². The topological polar surface area (TPSA) is 86.7 Å². The van der Waals surface area contributed by atoms with Gasteiger partial charge in [0.1, 0.15) is 23.5 Å². The van der Waals surface area contributed by atoms with Crippen molar-refractivity contribution in [3.05, 3.63) is 25.3 Å². The lowest BCUT2D eigenvalue weighted by molar-refractivity contribution is -0.181. The number of esters is 2. The molecule has 2 saturated heterocycles. The summed E-state index contributed by atoms with van der Waals surface area (Å²) in [4.78, 5) is 46.9. The molecule has 0 radical (unpaired) electrons. The number of cyclic esters (lactones) is 2. The lowest BCUT2D eigenvalue weighted by Gasteiger charge is -2.38. The van der Waals surface area contributed by atoms with Crippen molar-refractivity contribution in [3.63, 3.8) is 0 Å². The summed E-state index contributed by atoms with van der Waals surface area (Å²) >= 11 is 0. The van der Waals surface area contributed by atoms with Gasteiger partial charge in [0, 0.05) is 0 Å². The average molecular weight is 435 g/mol. The Balaban J connectivity index is 0.000000311. The van der Waals surface area contributed by atoms with Gasteiger partial charge < -0.3 is 9.47 Å². The normalized spacial score (nSPS) is 32.0. The van der Waals surface area contributed by atoms with Crippen LogP contribution in [0.15, 0.2) is 25.3 Å². The minimum atomic E-state index is -0.996. The molecule has 0 aromatic heterocycles. The van der Waals surface area contributed by atoms with Crippen LogP contribution in [0.3, 0.4) is 0 Å². The van der Waals surface area contributed by atoms with Crippen LogP contribution in [0.5, 0.6) is 0 Å². The molecule has 1 unspecified atom stereocenters. The molecule has 31 heavy (non-hydrogen) atoms. The van der Waals surface area contributed by atoms with Crippen LogP contribution in [-0.4, -0.2) is 35.7 Å². The average Bonchev–Trinajstić information content (AvgIpc) is 2.71. The van der Waals surface area contributed by atoms with Crippen LogP contribution in [-0.2, 0) is 28.7 Å². The molecule has 0 aromatic carbocycles. The quantitative estimate of drug-likeness (QED) is 0.351. The van der Waals surface area contributed by atoms with Crippen LogP contribution >= 0.6 is 0 Å². The van der Waals surface area contributed by atoms with Crippen molar-refractivity contribution in [2.24, 2.45) is 35.0 Å². The van der Waals surface area contributed by atoms with Crippen molar-refractivity contribution in [2.75, 3.05) is 0 Å². The maximum atomic E-state index is 12.0. The number of Topliss-reactive ketones (excluding diaryl/α,β-unsaturated/α-hetero) is 2. The van der Waals surface area contributed by atoms with Crippen molar-refractivity contribution >= 4 is 23.5 Å². The first-order valence-corrected chi connectivity index (χ1v) is 11.0. The van der Waals surface area contributed by atoms with Crippen LogP contribution in [0.25, 0.3) is 0 Å². The Labute approximate surface area is 186 Å². The second-order valence-electron chi connectivity index (χ2n) is 9.47. The number of rotatable bonds is 6. The third-order valence-electron chi connectivity index (χ3n) is 6.45. The molecule has 174 valence electrons. The van der Waals surface area contributed by atoms with E-state index in [1.54, 1.807) is 32.9 Å². The molecular weight excluding hydrogens is 396 g/mol.